The van der Waals surface area contributed by atoms with E-state index in [1.807, 2.05) is 11.4 Å². The van der Waals surface area contributed by atoms with Gasteiger partial charge >= 0.3 is 0 Å². The van der Waals surface area contributed by atoms with E-state index in [0.29, 0.717) is 41.0 Å². The van der Waals surface area contributed by atoms with E-state index in [-0.39, 0.29) is 17.5 Å². The molecule has 2 amide bonds. The Morgan fingerprint density at radius 3 is 2.93 bits per heavy atom. The Morgan fingerprint density at radius 1 is 1.21 bits per heavy atom. The first-order valence-corrected chi connectivity index (χ1v) is 10.5. The standard InChI is InChI=1S/C19H14N4O4S2/c24-17(15-4-2-8-28-15)21-19-20-11-5-6-23(10-16(11)29-19)18(25)12-9-14(27-22-12)13-3-1-7-26-13/h1-4,7-9H,5-6,10H2,(H,20,21,24). The second-order valence-corrected chi connectivity index (χ2v) is 8.38. The molecule has 146 valence electrons. The maximum Gasteiger partial charge on any atom is 0.276 e. The molecular weight excluding hydrogens is 412 g/mol. The van der Waals surface area contributed by atoms with Crippen molar-refractivity contribution in [2.24, 2.45) is 0 Å². The van der Waals surface area contributed by atoms with Crippen LogP contribution in [-0.2, 0) is 13.0 Å². The molecule has 1 N–H and O–H groups in total. The van der Waals surface area contributed by atoms with Gasteiger partial charge in [-0.3, -0.25) is 14.9 Å². The van der Waals surface area contributed by atoms with Crippen LogP contribution < -0.4 is 5.32 Å². The van der Waals surface area contributed by atoms with Crippen molar-refractivity contribution >= 4 is 39.6 Å². The molecule has 5 rings (SSSR count). The number of aromatic nitrogens is 2. The van der Waals surface area contributed by atoms with Crippen molar-refractivity contribution in [1.82, 2.24) is 15.0 Å². The summed E-state index contributed by atoms with van der Waals surface area (Å²) in [6.45, 7) is 0.945. The lowest BCUT2D eigenvalue weighted by Crippen LogP contribution is -2.35. The Kier molecular flexibility index (Phi) is 4.49. The third-order valence-corrected chi connectivity index (χ3v) is 6.34. The molecule has 0 radical (unpaired) electrons. The van der Waals surface area contributed by atoms with Crippen LogP contribution in [0.25, 0.3) is 11.5 Å². The van der Waals surface area contributed by atoms with Crippen molar-refractivity contribution in [3.05, 3.63) is 63.1 Å². The largest absolute Gasteiger partial charge is 0.461 e. The molecule has 0 spiro atoms. The molecule has 0 fully saturated rings. The Morgan fingerprint density at radius 2 is 2.14 bits per heavy atom. The highest BCUT2D eigenvalue weighted by Gasteiger charge is 2.27. The summed E-state index contributed by atoms with van der Waals surface area (Å²) in [7, 11) is 0. The van der Waals surface area contributed by atoms with Gasteiger partial charge in [-0.15, -0.1) is 11.3 Å². The van der Waals surface area contributed by atoms with E-state index in [2.05, 4.69) is 15.5 Å². The number of fused-ring (bicyclic) bond motifs is 1. The molecule has 0 aliphatic carbocycles. The van der Waals surface area contributed by atoms with E-state index in [4.69, 9.17) is 8.94 Å². The Balaban J connectivity index is 1.29. The van der Waals surface area contributed by atoms with Crippen LogP contribution in [0, 0.1) is 0 Å². The molecule has 4 aromatic heterocycles. The normalized spacial score (nSPS) is 13.3. The minimum Gasteiger partial charge on any atom is -0.461 e. The van der Waals surface area contributed by atoms with Crippen LogP contribution in [0.1, 0.15) is 30.7 Å². The summed E-state index contributed by atoms with van der Waals surface area (Å²) in [6.07, 6.45) is 2.15. The topological polar surface area (TPSA) is 101 Å². The first-order valence-electron chi connectivity index (χ1n) is 8.80. The zero-order valence-corrected chi connectivity index (χ0v) is 16.6. The summed E-state index contributed by atoms with van der Waals surface area (Å²) in [5.41, 5.74) is 1.15. The summed E-state index contributed by atoms with van der Waals surface area (Å²) in [6, 6.07) is 8.66. The summed E-state index contributed by atoms with van der Waals surface area (Å²) >= 11 is 2.77. The fourth-order valence-corrected chi connectivity index (χ4v) is 4.70. The van der Waals surface area contributed by atoms with Crippen LogP contribution >= 0.6 is 22.7 Å². The number of carbonyl (C=O) groups is 2. The number of anilines is 1. The zero-order chi connectivity index (χ0) is 19.8. The monoisotopic (exact) mass is 426 g/mol. The quantitative estimate of drug-likeness (QED) is 0.531. The number of furan rings is 1. The fourth-order valence-electron chi connectivity index (χ4n) is 3.06. The molecule has 5 heterocycles. The van der Waals surface area contributed by atoms with Gasteiger partial charge in [0.1, 0.15) is 0 Å². The van der Waals surface area contributed by atoms with E-state index in [0.717, 1.165) is 10.6 Å². The predicted octanol–water partition coefficient (Wildman–Crippen LogP) is 3.90. The number of hydrogen-bond donors (Lipinski definition) is 1. The highest BCUT2D eigenvalue weighted by atomic mass is 32.1. The molecule has 1 aliphatic heterocycles. The number of nitrogens with zero attached hydrogens (tertiary/aromatic N) is 3. The summed E-state index contributed by atoms with van der Waals surface area (Å²) < 4.78 is 10.5. The minimum atomic E-state index is -0.213. The summed E-state index contributed by atoms with van der Waals surface area (Å²) in [5.74, 6) is 0.542. The molecule has 8 nitrogen and oxygen atoms in total. The number of thiazole rings is 1. The van der Waals surface area contributed by atoms with Gasteiger partial charge in [-0.2, -0.15) is 0 Å². The van der Waals surface area contributed by atoms with E-state index in [1.165, 1.54) is 28.9 Å². The van der Waals surface area contributed by atoms with Crippen molar-refractivity contribution in [3.8, 4) is 11.5 Å². The Hall–Kier alpha value is -3.24. The van der Waals surface area contributed by atoms with Crippen LogP contribution in [-0.4, -0.2) is 33.4 Å². The Labute approximate surface area is 172 Å². The van der Waals surface area contributed by atoms with Crippen molar-refractivity contribution in [3.63, 3.8) is 0 Å². The predicted molar refractivity (Wildman–Crippen MR) is 107 cm³/mol. The molecule has 0 aromatic carbocycles. The Bertz CT molecular complexity index is 1160. The van der Waals surface area contributed by atoms with Gasteiger partial charge in [-0.25, -0.2) is 4.98 Å². The van der Waals surface area contributed by atoms with Gasteiger partial charge in [0.25, 0.3) is 11.8 Å². The molecule has 1 aliphatic rings. The lowest BCUT2D eigenvalue weighted by Gasteiger charge is -2.25. The molecule has 0 bridgehead atoms. The second kappa shape index (κ2) is 7.30. The second-order valence-electron chi connectivity index (χ2n) is 6.35. The SMILES string of the molecule is O=C(Nc1nc2c(s1)CN(C(=O)c1cc(-c3ccco3)on1)CC2)c1cccs1. The average molecular weight is 426 g/mol. The maximum atomic E-state index is 12.8. The van der Waals surface area contributed by atoms with E-state index in [1.54, 1.807) is 29.2 Å². The number of carbonyl (C=O) groups excluding carboxylic acids is 2. The zero-order valence-electron chi connectivity index (χ0n) is 15.0. The number of hydrogen-bond acceptors (Lipinski definition) is 8. The van der Waals surface area contributed by atoms with Gasteiger partial charge in [-0.05, 0) is 23.6 Å². The van der Waals surface area contributed by atoms with Gasteiger partial charge in [0, 0.05) is 23.9 Å². The lowest BCUT2D eigenvalue weighted by atomic mass is 10.1. The molecule has 0 atom stereocenters. The van der Waals surface area contributed by atoms with Crippen LogP contribution in [0.4, 0.5) is 5.13 Å². The van der Waals surface area contributed by atoms with Gasteiger partial charge < -0.3 is 13.8 Å². The summed E-state index contributed by atoms with van der Waals surface area (Å²) in [4.78, 5) is 32.8. The molecule has 10 heteroatoms. The highest BCUT2D eigenvalue weighted by molar-refractivity contribution is 7.16. The van der Waals surface area contributed by atoms with Gasteiger partial charge in [0.2, 0.25) is 5.76 Å². The average Bonchev–Trinajstić information content (AvgIpc) is 3.53. The first-order chi connectivity index (χ1) is 14.2. The van der Waals surface area contributed by atoms with E-state index < -0.39 is 0 Å². The molecule has 0 saturated heterocycles. The number of thiophene rings is 1. The van der Waals surface area contributed by atoms with Gasteiger partial charge in [0.15, 0.2) is 16.6 Å². The maximum absolute atomic E-state index is 12.8. The van der Waals surface area contributed by atoms with Crippen LogP contribution in [0.5, 0.6) is 0 Å². The third-order valence-electron chi connectivity index (χ3n) is 4.48. The van der Waals surface area contributed by atoms with E-state index >= 15 is 0 Å². The van der Waals surface area contributed by atoms with Gasteiger partial charge in [-0.1, -0.05) is 22.6 Å². The molecular formula is C19H14N4O4S2. The molecule has 0 saturated carbocycles. The van der Waals surface area contributed by atoms with Crippen molar-refractivity contribution in [2.75, 3.05) is 11.9 Å². The van der Waals surface area contributed by atoms with Crippen molar-refractivity contribution in [2.45, 2.75) is 13.0 Å². The number of amides is 2. The minimum absolute atomic E-state index is 0.174. The lowest BCUT2D eigenvalue weighted by molar-refractivity contribution is 0.0725. The van der Waals surface area contributed by atoms with Crippen molar-refractivity contribution < 1.29 is 18.5 Å². The third kappa shape index (κ3) is 3.47. The fraction of sp³-hybridized carbons (Fsp3) is 0.158. The number of rotatable bonds is 4. The van der Waals surface area contributed by atoms with Crippen LogP contribution in [0.2, 0.25) is 0 Å². The molecule has 0 unspecified atom stereocenters. The summed E-state index contributed by atoms with van der Waals surface area (Å²) in [5, 5.41) is 9.12. The van der Waals surface area contributed by atoms with Crippen LogP contribution in [0.15, 0.2) is 50.9 Å². The van der Waals surface area contributed by atoms with Crippen molar-refractivity contribution in [1.29, 1.82) is 0 Å². The molecule has 29 heavy (non-hydrogen) atoms. The van der Waals surface area contributed by atoms with Gasteiger partial charge in [0.05, 0.1) is 23.4 Å². The first kappa shape index (κ1) is 17.8. The highest BCUT2D eigenvalue weighted by Crippen LogP contribution is 2.30. The number of nitrogens with one attached hydrogen (secondary N) is 1. The van der Waals surface area contributed by atoms with E-state index in [9.17, 15) is 9.59 Å². The molecule has 4 aromatic rings. The van der Waals surface area contributed by atoms with Crippen LogP contribution in [0.3, 0.4) is 0 Å². The smallest absolute Gasteiger partial charge is 0.276 e.